The monoisotopic (exact) mass is 414 g/mol. The summed E-state index contributed by atoms with van der Waals surface area (Å²) in [4.78, 5) is 28.6. The Kier molecular flexibility index (Phi) is 7.04. The van der Waals surface area contributed by atoms with E-state index in [2.05, 4.69) is 39.2 Å². The van der Waals surface area contributed by atoms with E-state index in [0.717, 1.165) is 76.0 Å². The zero-order valence-corrected chi connectivity index (χ0v) is 18.1. The van der Waals surface area contributed by atoms with Crippen LogP contribution < -0.4 is 10.2 Å². The molecule has 3 aliphatic heterocycles. The molecule has 0 aromatic carbocycles. The first kappa shape index (κ1) is 20.9. The highest BCUT2D eigenvalue weighted by Gasteiger charge is 2.30. The van der Waals surface area contributed by atoms with Gasteiger partial charge < -0.3 is 24.8 Å². The summed E-state index contributed by atoms with van der Waals surface area (Å²) in [7, 11) is 0. The molecular weight excluding hydrogens is 380 g/mol. The highest BCUT2D eigenvalue weighted by Crippen LogP contribution is 2.18. The zero-order valence-electron chi connectivity index (χ0n) is 18.1. The van der Waals surface area contributed by atoms with E-state index in [1.807, 2.05) is 11.1 Å². The van der Waals surface area contributed by atoms with Crippen molar-refractivity contribution in [1.29, 1.82) is 0 Å². The van der Waals surface area contributed by atoms with E-state index >= 15 is 0 Å². The van der Waals surface area contributed by atoms with Crippen LogP contribution in [0.1, 0.15) is 38.2 Å². The molecule has 3 fully saturated rings. The molecule has 4 heterocycles. The number of ether oxygens (including phenoxy) is 1. The molecular formula is C22H34N6O2. The lowest BCUT2D eigenvalue weighted by atomic mass is 10.2. The van der Waals surface area contributed by atoms with Crippen LogP contribution >= 0.6 is 0 Å². The van der Waals surface area contributed by atoms with Crippen molar-refractivity contribution in [3.8, 4) is 0 Å². The van der Waals surface area contributed by atoms with Crippen molar-refractivity contribution in [2.45, 2.75) is 45.3 Å². The maximum absolute atomic E-state index is 12.6. The minimum Gasteiger partial charge on any atom is -0.368 e. The number of aliphatic imine (C=N–C) groups is 1. The Balaban J connectivity index is 1.32. The molecule has 30 heavy (non-hydrogen) atoms. The number of carbonyl (C=O) groups is 1. The number of nitrogens with zero attached hydrogens (tertiary/aromatic N) is 5. The second-order valence-corrected chi connectivity index (χ2v) is 8.20. The molecule has 1 aromatic rings. The molecule has 3 aliphatic rings. The van der Waals surface area contributed by atoms with Crippen molar-refractivity contribution in [2.24, 2.45) is 4.99 Å². The standard InChI is InChI=1S/C22H34N6O2/c1-2-23-22(25-17-18-7-8-20(24-16-18)26-9-3-4-10-26)28-13-11-27(12-14-28)21(29)19-6-5-15-30-19/h7-8,16,19H,2-6,9-15,17H2,1H3,(H,23,25). The van der Waals surface area contributed by atoms with Crippen LogP contribution in [0, 0.1) is 0 Å². The fourth-order valence-corrected chi connectivity index (χ4v) is 4.35. The second-order valence-electron chi connectivity index (χ2n) is 8.20. The van der Waals surface area contributed by atoms with Gasteiger partial charge in [-0.15, -0.1) is 0 Å². The highest BCUT2D eigenvalue weighted by molar-refractivity contribution is 5.82. The average molecular weight is 415 g/mol. The lowest BCUT2D eigenvalue weighted by Crippen LogP contribution is -2.55. The van der Waals surface area contributed by atoms with E-state index in [0.29, 0.717) is 13.2 Å². The number of rotatable bonds is 5. The van der Waals surface area contributed by atoms with E-state index in [1.165, 1.54) is 12.8 Å². The maximum Gasteiger partial charge on any atom is 0.251 e. The molecule has 1 amide bonds. The molecule has 8 heteroatoms. The van der Waals surface area contributed by atoms with Crippen molar-refractivity contribution >= 4 is 17.7 Å². The zero-order chi connectivity index (χ0) is 20.8. The van der Waals surface area contributed by atoms with Gasteiger partial charge in [0, 0.05) is 58.6 Å². The Morgan fingerprint density at radius 1 is 1.13 bits per heavy atom. The average Bonchev–Trinajstić information content (AvgIpc) is 3.51. The van der Waals surface area contributed by atoms with Crippen LogP contribution in [-0.4, -0.2) is 85.2 Å². The molecule has 1 N–H and O–H groups in total. The molecule has 0 radical (unpaired) electrons. The Bertz CT molecular complexity index is 718. The van der Waals surface area contributed by atoms with Gasteiger partial charge >= 0.3 is 0 Å². The number of aromatic nitrogens is 1. The number of amides is 1. The number of hydrogen-bond acceptors (Lipinski definition) is 5. The summed E-state index contributed by atoms with van der Waals surface area (Å²) < 4.78 is 5.56. The fraction of sp³-hybridized carbons (Fsp3) is 0.682. The molecule has 0 bridgehead atoms. The number of hydrogen-bond donors (Lipinski definition) is 1. The minimum absolute atomic E-state index is 0.151. The molecule has 1 aromatic heterocycles. The summed E-state index contributed by atoms with van der Waals surface area (Å²) >= 11 is 0. The number of nitrogens with one attached hydrogen (secondary N) is 1. The van der Waals surface area contributed by atoms with Gasteiger partial charge in [-0.2, -0.15) is 0 Å². The first-order chi connectivity index (χ1) is 14.7. The van der Waals surface area contributed by atoms with Crippen molar-refractivity contribution in [3.63, 3.8) is 0 Å². The number of piperazine rings is 1. The predicted molar refractivity (Wildman–Crippen MR) is 118 cm³/mol. The van der Waals surface area contributed by atoms with Crippen LogP contribution in [0.3, 0.4) is 0 Å². The summed E-state index contributed by atoms with van der Waals surface area (Å²) in [5, 5.41) is 3.40. The second kappa shape index (κ2) is 10.1. The Morgan fingerprint density at radius 3 is 2.53 bits per heavy atom. The molecule has 1 unspecified atom stereocenters. The van der Waals surface area contributed by atoms with Gasteiger partial charge in [0.15, 0.2) is 5.96 Å². The first-order valence-corrected chi connectivity index (χ1v) is 11.4. The lowest BCUT2D eigenvalue weighted by molar-refractivity contribution is -0.142. The van der Waals surface area contributed by atoms with E-state index in [9.17, 15) is 4.79 Å². The van der Waals surface area contributed by atoms with Crippen molar-refractivity contribution in [2.75, 3.05) is 57.3 Å². The summed E-state index contributed by atoms with van der Waals surface area (Å²) in [5.74, 6) is 2.13. The third kappa shape index (κ3) is 5.03. The molecule has 3 saturated heterocycles. The SMILES string of the molecule is CCNC(=NCc1ccc(N2CCCC2)nc1)N1CCN(C(=O)C2CCCO2)CC1. The normalized spacial score (nSPS) is 22.6. The van der Waals surface area contributed by atoms with E-state index < -0.39 is 0 Å². The fourth-order valence-electron chi connectivity index (χ4n) is 4.35. The van der Waals surface area contributed by atoms with Gasteiger partial charge in [0.05, 0.1) is 6.54 Å². The predicted octanol–water partition coefficient (Wildman–Crippen LogP) is 1.47. The molecule has 1 atom stereocenters. The van der Waals surface area contributed by atoms with E-state index in [4.69, 9.17) is 9.73 Å². The topological polar surface area (TPSA) is 73.3 Å². The first-order valence-electron chi connectivity index (χ1n) is 11.4. The third-order valence-electron chi connectivity index (χ3n) is 6.08. The van der Waals surface area contributed by atoms with Gasteiger partial charge in [-0.05, 0) is 44.2 Å². The Labute approximate surface area is 179 Å². The van der Waals surface area contributed by atoms with Gasteiger partial charge in [0.1, 0.15) is 11.9 Å². The third-order valence-corrected chi connectivity index (χ3v) is 6.08. The van der Waals surface area contributed by atoms with Gasteiger partial charge in [0.25, 0.3) is 5.91 Å². The van der Waals surface area contributed by atoms with Crippen molar-refractivity contribution < 1.29 is 9.53 Å². The van der Waals surface area contributed by atoms with E-state index in [1.54, 1.807) is 0 Å². The minimum atomic E-state index is -0.227. The van der Waals surface area contributed by atoms with Gasteiger partial charge in [0.2, 0.25) is 0 Å². The summed E-state index contributed by atoms with van der Waals surface area (Å²) in [6, 6.07) is 4.24. The highest BCUT2D eigenvalue weighted by atomic mass is 16.5. The summed E-state index contributed by atoms with van der Waals surface area (Å²) in [6.45, 7) is 9.44. The van der Waals surface area contributed by atoms with Crippen LogP contribution in [0.2, 0.25) is 0 Å². The van der Waals surface area contributed by atoms with Gasteiger partial charge in [-0.1, -0.05) is 6.07 Å². The Morgan fingerprint density at radius 2 is 1.90 bits per heavy atom. The van der Waals surface area contributed by atoms with Crippen LogP contribution in [0.25, 0.3) is 0 Å². The molecule has 4 rings (SSSR count). The summed E-state index contributed by atoms with van der Waals surface area (Å²) in [6.07, 6.45) is 6.07. The molecule has 0 aliphatic carbocycles. The molecule has 8 nitrogen and oxygen atoms in total. The van der Waals surface area contributed by atoms with Gasteiger partial charge in [-0.3, -0.25) is 4.79 Å². The Hall–Kier alpha value is -2.35. The number of anilines is 1. The van der Waals surface area contributed by atoms with Crippen LogP contribution in [0.4, 0.5) is 5.82 Å². The smallest absolute Gasteiger partial charge is 0.251 e. The molecule has 164 valence electrons. The number of carbonyl (C=O) groups excluding carboxylic acids is 1. The van der Waals surface area contributed by atoms with E-state index in [-0.39, 0.29) is 12.0 Å². The molecule has 0 saturated carbocycles. The van der Waals surface area contributed by atoms with Crippen molar-refractivity contribution in [3.05, 3.63) is 23.9 Å². The van der Waals surface area contributed by atoms with Crippen LogP contribution in [-0.2, 0) is 16.1 Å². The van der Waals surface area contributed by atoms with Crippen LogP contribution in [0.5, 0.6) is 0 Å². The largest absolute Gasteiger partial charge is 0.368 e. The van der Waals surface area contributed by atoms with Crippen LogP contribution in [0.15, 0.2) is 23.3 Å². The van der Waals surface area contributed by atoms with Crippen molar-refractivity contribution in [1.82, 2.24) is 20.1 Å². The number of pyridine rings is 1. The molecule has 0 spiro atoms. The quantitative estimate of drug-likeness (QED) is 0.581. The maximum atomic E-state index is 12.6. The lowest BCUT2D eigenvalue weighted by Gasteiger charge is -2.37. The summed E-state index contributed by atoms with van der Waals surface area (Å²) in [5.41, 5.74) is 1.11. The van der Waals surface area contributed by atoms with Gasteiger partial charge in [-0.25, -0.2) is 9.98 Å². The number of guanidine groups is 1.